The zero-order valence-corrected chi connectivity index (χ0v) is 13.1. The largest absolute Gasteiger partial charge is 0.481 e. The van der Waals surface area contributed by atoms with Crippen LogP contribution in [-0.4, -0.2) is 22.5 Å². The van der Waals surface area contributed by atoms with Gasteiger partial charge in [0.1, 0.15) is 5.82 Å². The van der Waals surface area contributed by atoms with Gasteiger partial charge in [-0.3, -0.25) is 9.59 Å². The summed E-state index contributed by atoms with van der Waals surface area (Å²) >= 11 is 3.16. The summed E-state index contributed by atoms with van der Waals surface area (Å²) in [4.78, 5) is 23.5. The predicted octanol–water partition coefficient (Wildman–Crippen LogP) is 3.50. The number of carboxylic acid groups (broad SMARTS) is 1. The minimum atomic E-state index is -0.954. The lowest BCUT2D eigenvalue weighted by Gasteiger charge is -2.37. The number of halogens is 2. The molecule has 1 aliphatic carbocycles. The van der Waals surface area contributed by atoms with E-state index < -0.39 is 23.2 Å². The first-order valence-corrected chi connectivity index (χ1v) is 7.71. The van der Waals surface area contributed by atoms with Crippen molar-refractivity contribution in [2.75, 3.05) is 0 Å². The summed E-state index contributed by atoms with van der Waals surface area (Å²) in [6.45, 7) is 0. The summed E-state index contributed by atoms with van der Waals surface area (Å²) in [7, 11) is 0. The molecule has 0 unspecified atom stereocenters. The molecular formula is C15H17BrFNO3. The predicted molar refractivity (Wildman–Crippen MR) is 79.6 cm³/mol. The van der Waals surface area contributed by atoms with Crippen LogP contribution in [0.25, 0.3) is 0 Å². The second-order valence-electron chi connectivity index (χ2n) is 5.46. The van der Waals surface area contributed by atoms with Crippen molar-refractivity contribution in [2.24, 2.45) is 0 Å². The summed E-state index contributed by atoms with van der Waals surface area (Å²) in [6, 6.07) is 4.30. The van der Waals surface area contributed by atoms with Gasteiger partial charge >= 0.3 is 5.97 Å². The summed E-state index contributed by atoms with van der Waals surface area (Å²) < 4.78 is 14.2. The maximum absolute atomic E-state index is 13.8. The van der Waals surface area contributed by atoms with E-state index in [4.69, 9.17) is 5.11 Å². The zero-order valence-electron chi connectivity index (χ0n) is 11.5. The molecule has 0 aliphatic heterocycles. The number of aliphatic carboxylic acids is 1. The Morgan fingerprint density at radius 2 is 1.95 bits per heavy atom. The third-order valence-electron chi connectivity index (χ3n) is 3.87. The third kappa shape index (κ3) is 3.81. The first-order valence-electron chi connectivity index (χ1n) is 6.92. The number of amides is 1. The SMILES string of the molecule is O=C(O)CC1(NC(=O)c2c(F)cccc2Br)CCCCC1. The Hall–Kier alpha value is -1.43. The first kappa shape index (κ1) is 15.9. The van der Waals surface area contributed by atoms with Gasteiger partial charge in [-0.2, -0.15) is 0 Å². The Kier molecular flexibility index (Phi) is 4.98. The van der Waals surface area contributed by atoms with E-state index in [0.29, 0.717) is 17.3 Å². The monoisotopic (exact) mass is 357 g/mol. The van der Waals surface area contributed by atoms with Crippen molar-refractivity contribution in [2.45, 2.75) is 44.1 Å². The van der Waals surface area contributed by atoms with Gasteiger partial charge in [-0.1, -0.05) is 25.3 Å². The molecule has 0 heterocycles. The fourth-order valence-corrected chi connectivity index (χ4v) is 3.40. The minimum absolute atomic E-state index is 0.0761. The Morgan fingerprint density at radius 1 is 1.29 bits per heavy atom. The number of rotatable bonds is 4. The van der Waals surface area contributed by atoms with Crippen molar-refractivity contribution >= 4 is 27.8 Å². The van der Waals surface area contributed by atoms with E-state index >= 15 is 0 Å². The van der Waals surface area contributed by atoms with Gasteiger partial charge in [-0.15, -0.1) is 0 Å². The molecule has 1 aromatic rings. The number of hydrogen-bond acceptors (Lipinski definition) is 2. The maximum Gasteiger partial charge on any atom is 0.305 e. The van der Waals surface area contributed by atoms with Gasteiger partial charge in [0.05, 0.1) is 17.5 Å². The first-order chi connectivity index (χ1) is 9.93. The molecule has 0 spiro atoms. The molecule has 2 rings (SSSR count). The standard InChI is InChI=1S/C15H17BrFNO3/c16-10-5-4-6-11(17)13(10)14(21)18-15(9-12(19)20)7-2-1-3-8-15/h4-6H,1-3,7-9H2,(H,18,21)(H,19,20). The molecule has 1 saturated carbocycles. The molecule has 21 heavy (non-hydrogen) atoms. The van der Waals surface area contributed by atoms with Gasteiger partial charge < -0.3 is 10.4 Å². The minimum Gasteiger partial charge on any atom is -0.481 e. The van der Waals surface area contributed by atoms with E-state index in [1.165, 1.54) is 12.1 Å². The molecule has 4 nitrogen and oxygen atoms in total. The lowest BCUT2D eigenvalue weighted by Crippen LogP contribution is -2.51. The third-order valence-corrected chi connectivity index (χ3v) is 4.53. The Balaban J connectivity index is 2.24. The van der Waals surface area contributed by atoms with Crippen LogP contribution in [0.3, 0.4) is 0 Å². The summed E-state index contributed by atoms with van der Waals surface area (Å²) in [5, 5.41) is 11.9. The fourth-order valence-electron chi connectivity index (χ4n) is 2.88. The normalized spacial score (nSPS) is 17.2. The van der Waals surface area contributed by atoms with Crippen LogP contribution in [0.4, 0.5) is 4.39 Å². The molecule has 0 radical (unpaired) electrons. The second-order valence-corrected chi connectivity index (χ2v) is 6.32. The van der Waals surface area contributed by atoms with E-state index in [0.717, 1.165) is 19.3 Å². The van der Waals surface area contributed by atoms with E-state index in [1.807, 2.05) is 0 Å². The molecule has 0 atom stereocenters. The molecule has 1 amide bonds. The number of benzene rings is 1. The van der Waals surface area contributed by atoms with Gasteiger partial charge in [-0.25, -0.2) is 4.39 Å². The van der Waals surface area contributed by atoms with Crippen LogP contribution < -0.4 is 5.32 Å². The van der Waals surface area contributed by atoms with E-state index in [9.17, 15) is 14.0 Å². The number of carbonyl (C=O) groups excluding carboxylic acids is 1. The van der Waals surface area contributed by atoms with Crippen LogP contribution in [0, 0.1) is 5.82 Å². The average molecular weight is 358 g/mol. The molecular weight excluding hydrogens is 341 g/mol. The molecule has 2 N–H and O–H groups in total. The molecule has 1 aliphatic rings. The van der Waals surface area contributed by atoms with Crippen LogP contribution >= 0.6 is 15.9 Å². The van der Waals surface area contributed by atoms with Gasteiger partial charge in [0.15, 0.2) is 0 Å². The van der Waals surface area contributed by atoms with Crippen molar-refractivity contribution in [3.8, 4) is 0 Å². The number of hydrogen-bond donors (Lipinski definition) is 2. The highest BCUT2D eigenvalue weighted by molar-refractivity contribution is 9.10. The zero-order chi connectivity index (χ0) is 15.5. The quantitative estimate of drug-likeness (QED) is 0.866. The Bertz CT molecular complexity index is 536. The van der Waals surface area contributed by atoms with Crippen LogP contribution in [0.1, 0.15) is 48.9 Å². The molecule has 0 aromatic heterocycles. The van der Waals surface area contributed by atoms with Crippen LogP contribution in [0.2, 0.25) is 0 Å². The lowest BCUT2D eigenvalue weighted by molar-refractivity contribution is -0.139. The van der Waals surface area contributed by atoms with E-state index in [1.54, 1.807) is 6.07 Å². The summed E-state index contributed by atoms with van der Waals surface area (Å²) in [5.41, 5.74) is -0.851. The highest BCUT2D eigenvalue weighted by Gasteiger charge is 2.36. The topological polar surface area (TPSA) is 66.4 Å². The Labute approximate surface area is 130 Å². The Morgan fingerprint density at radius 3 is 2.52 bits per heavy atom. The van der Waals surface area contributed by atoms with Gasteiger partial charge in [0.2, 0.25) is 0 Å². The summed E-state index contributed by atoms with van der Waals surface area (Å²) in [5.74, 6) is -2.14. The van der Waals surface area contributed by atoms with Crippen LogP contribution in [0.15, 0.2) is 22.7 Å². The molecule has 1 aromatic carbocycles. The van der Waals surface area contributed by atoms with Crippen molar-refractivity contribution in [3.05, 3.63) is 34.1 Å². The van der Waals surface area contributed by atoms with Gasteiger partial charge in [0, 0.05) is 4.47 Å². The number of nitrogens with one attached hydrogen (secondary N) is 1. The van der Waals surface area contributed by atoms with Gasteiger partial charge in [0.25, 0.3) is 5.91 Å². The smallest absolute Gasteiger partial charge is 0.305 e. The molecule has 6 heteroatoms. The van der Waals surface area contributed by atoms with Crippen molar-refractivity contribution in [3.63, 3.8) is 0 Å². The second kappa shape index (κ2) is 6.56. The number of carbonyl (C=O) groups is 2. The van der Waals surface area contributed by atoms with Crippen molar-refractivity contribution in [1.29, 1.82) is 0 Å². The van der Waals surface area contributed by atoms with E-state index in [2.05, 4.69) is 21.2 Å². The molecule has 1 fully saturated rings. The molecule has 0 saturated heterocycles. The van der Waals surface area contributed by atoms with Crippen LogP contribution in [-0.2, 0) is 4.79 Å². The lowest BCUT2D eigenvalue weighted by atomic mass is 9.79. The highest BCUT2D eigenvalue weighted by Crippen LogP contribution is 2.32. The van der Waals surface area contributed by atoms with E-state index in [-0.39, 0.29) is 12.0 Å². The van der Waals surface area contributed by atoms with Crippen molar-refractivity contribution in [1.82, 2.24) is 5.32 Å². The maximum atomic E-state index is 13.8. The highest BCUT2D eigenvalue weighted by atomic mass is 79.9. The van der Waals surface area contributed by atoms with Crippen LogP contribution in [0.5, 0.6) is 0 Å². The molecule has 0 bridgehead atoms. The molecule has 114 valence electrons. The average Bonchev–Trinajstić information content (AvgIpc) is 2.38. The van der Waals surface area contributed by atoms with Gasteiger partial charge in [-0.05, 0) is 40.9 Å². The fraction of sp³-hybridized carbons (Fsp3) is 0.467. The summed E-state index contributed by atoms with van der Waals surface area (Å²) in [6.07, 6.45) is 3.84. The van der Waals surface area contributed by atoms with Crippen molar-refractivity contribution < 1.29 is 19.1 Å². The number of carboxylic acids is 1.